The summed E-state index contributed by atoms with van der Waals surface area (Å²) in [6.07, 6.45) is 3.18. The van der Waals surface area contributed by atoms with Gasteiger partial charge in [0.2, 0.25) is 0 Å². The van der Waals surface area contributed by atoms with Gasteiger partial charge in [0.15, 0.2) is 0 Å². The molecule has 1 aromatic carbocycles. The molecule has 0 aromatic heterocycles. The zero-order valence-electron chi connectivity index (χ0n) is 11.3. The number of benzene rings is 1. The largest absolute Gasteiger partial charge is 0.313 e. The highest BCUT2D eigenvalue weighted by atomic mass is 35.5. The third-order valence-electron chi connectivity index (χ3n) is 2.61. The fourth-order valence-corrected chi connectivity index (χ4v) is 2.24. The maximum atomic E-state index is 5.99. The fraction of sp³-hybridized carbons (Fsp3) is 0.467. The van der Waals surface area contributed by atoms with Crippen molar-refractivity contribution in [1.82, 2.24) is 5.32 Å². The van der Waals surface area contributed by atoms with E-state index >= 15 is 0 Å². The number of nitrogens with one attached hydrogen (secondary N) is 1. The topological polar surface area (TPSA) is 12.0 Å². The zero-order valence-corrected chi connectivity index (χ0v) is 12.8. The number of hydrogen-bond donors (Lipinski definition) is 1. The Morgan fingerprint density at radius 2 is 1.83 bits per heavy atom. The van der Waals surface area contributed by atoms with E-state index in [1.807, 2.05) is 12.1 Å². The Balaban J connectivity index is 2.70. The molecule has 100 valence electrons. The SMILES string of the molecule is CCC(=Cc1cc(Cl)cc(Cl)c1)CNCC(C)C. The first-order chi connectivity index (χ1) is 8.51. The average Bonchev–Trinajstić information content (AvgIpc) is 2.25. The number of halogens is 2. The van der Waals surface area contributed by atoms with Crippen LogP contribution in [0, 0.1) is 5.92 Å². The van der Waals surface area contributed by atoms with E-state index in [0.29, 0.717) is 16.0 Å². The molecule has 1 nitrogen and oxygen atoms in total. The van der Waals surface area contributed by atoms with Gasteiger partial charge in [-0.2, -0.15) is 0 Å². The minimum atomic E-state index is 0.670. The van der Waals surface area contributed by atoms with Gasteiger partial charge in [-0.15, -0.1) is 0 Å². The molecule has 0 atom stereocenters. The predicted molar refractivity (Wildman–Crippen MR) is 82.4 cm³/mol. The summed E-state index contributed by atoms with van der Waals surface area (Å²) in [5.41, 5.74) is 2.42. The van der Waals surface area contributed by atoms with Gasteiger partial charge in [-0.1, -0.05) is 55.6 Å². The molecule has 0 aliphatic rings. The van der Waals surface area contributed by atoms with Crippen molar-refractivity contribution >= 4 is 29.3 Å². The quantitative estimate of drug-likeness (QED) is 0.773. The van der Waals surface area contributed by atoms with Crippen LogP contribution < -0.4 is 5.32 Å². The number of hydrogen-bond acceptors (Lipinski definition) is 1. The maximum Gasteiger partial charge on any atom is 0.0426 e. The Hall–Kier alpha value is -0.500. The molecule has 0 aliphatic carbocycles. The van der Waals surface area contributed by atoms with Gasteiger partial charge in [0.05, 0.1) is 0 Å². The van der Waals surface area contributed by atoms with Crippen LogP contribution in [0.5, 0.6) is 0 Å². The highest BCUT2D eigenvalue weighted by Gasteiger charge is 2.00. The molecule has 1 rings (SSSR count). The van der Waals surface area contributed by atoms with Crippen LogP contribution in [0.15, 0.2) is 23.8 Å². The first kappa shape index (κ1) is 15.6. The van der Waals surface area contributed by atoms with Crippen molar-refractivity contribution < 1.29 is 0 Å². The molecule has 0 saturated heterocycles. The van der Waals surface area contributed by atoms with Crippen LogP contribution in [0.4, 0.5) is 0 Å². The van der Waals surface area contributed by atoms with E-state index in [4.69, 9.17) is 23.2 Å². The zero-order chi connectivity index (χ0) is 13.5. The molecule has 0 aliphatic heterocycles. The van der Waals surface area contributed by atoms with E-state index in [9.17, 15) is 0 Å². The molecule has 1 aromatic rings. The Bertz CT molecular complexity index is 391. The molecule has 0 amide bonds. The standard InChI is InChI=1S/C15H21Cl2N/c1-4-12(10-18-9-11(2)3)5-13-6-14(16)8-15(17)7-13/h5-8,11,18H,4,9-10H2,1-3H3. The van der Waals surface area contributed by atoms with Gasteiger partial charge in [-0.25, -0.2) is 0 Å². The first-order valence-corrected chi connectivity index (χ1v) is 7.13. The van der Waals surface area contributed by atoms with E-state index in [1.54, 1.807) is 6.07 Å². The Morgan fingerprint density at radius 1 is 1.22 bits per heavy atom. The van der Waals surface area contributed by atoms with Gasteiger partial charge >= 0.3 is 0 Å². The minimum absolute atomic E-state index is 0.670. The summed E-state index contributed by atoms with van der Waals surface area (Å²) in [6, 6.07) is 5.63. The molecule has 0 unspecified atom stereocenters. The van der Waals surface area contributed by atoms with Gasteiger partial charge in [-0.3, -0.25) is 0 Å². The van der Waals surface area contributed by atoms with E-state index in [0.717, 1.165) is 25.1 Å². The molecule has 0 saturated carbocycles. The Labute approximate surface area is 120 Å². The fourth-order valence-electron chi connectivity index (χ4n) is 1.69. The first-order valence-electron chi connectivity index (χ1n) is 6.37. The van der Waals surface area contributed by atoms with Gasteiger partial charge in [0.1, 0.15) is 0 Å². The highest BCUT2D eigenvalue weighted by molar-refractivity contribution is 6.34. The maximum absolute atomic E-state index is 5.99. The van der Waals surface area contributed by atoms with Crippen LogP contribution in [-0.4, -0.2) is 13.1 Å². The van der Waals surface area contributed by atoms with Crippen molar-refractivity contribution in [2.45, 2.75) is 27.2 Å². The lowest BCUT2D eigenvalue weighted by molar-refractivity contribution is 0.569. The molecule has 0 spiro atoms. The minimum Gasteiger partial charge on any atom is -0.313 e. The van der Waals surface area contributed by atoms with Gasteiger partial charge in [-0.05, 0) is 42.6 Å². The lowest BCUT2D eigenvalue weighted by Gasteiger charge is -2.10. The van der Waals surface area contributed by atoms with Crippen LogP contribution >= 0.6 is 23.2 Å². The van der Waals surface area contributed by atoms with Crippen molar-refractivity contribution in [3.8, 4) is 0 Å². The third kappa shape index (κ3) is 5.90. The molecule has 0 radical (unpaired) electrons. The van der Waals surface area contributed by atoms with Crippen LogP contribution in [0.25, 0.3) is 6.08 Å². The van der Waals surface area contributed by atoms with E-state index in [2.05, 4.69) is 32.2 Å². The lowest BCUT2D eigenvalue weighted by atomic mass is 10.1. The van der Waals surface area contributed by atoms with Crippen molar-refractivity contribution in [3.05, 3.63) is 39.4 Å². The highest BCUT2D eigenvalue weighted by Crippen LogP contribution is 2.21. The van der Waals surface area contributed by atoms with Crippen molar-refractivity contribution in [2.24, 2.45) is 5.92 Å². The summed E-state index contributed by atoms with van der Waals surface area (Å²) in [6.45, 7) is 8.53. The molecule has 3 heteroatoms. The van der Waals surface area contributed by atoms with Crippen LogP contribution in [0.3, 0.4) is 0 Å². The second kappa shape index (κ2) is 7.83. The summed E-state index contributed by atoms with van der Waals surface area (Å²) in [5, 5.41) is 4.81. The molecular weight excluding hydrogens is 265 g/mol. The van der Waals surface area contributed by atoms with Gasteiger partial charge in [0.25, 0.3) is 0 Å². The Kier molecular flexibility index (Phi) is 6.77. The normalized spacial score (nSPS) is 12.2. The van der Waals surface area contributed by atoms with Crippen LogP contribution in [-0.2, 0) is 0 Å². The van der Waals surface area contributed by atoms with Crippen LogP contribution in [0.2, 0.25) is 10.0 Å². The summed E-state index contributed by atoms with van der Waals surface area (Å²) in [5.74, 6) is 0.670. The van der Waals surface area contributed by atoms with Gasteiger partial charge < -0.3 is 5.32 Å². The van der Waals surface area contributed by atoms with E-state index in [1.165, 1.54) is 5.57 Å². The summed E-state index contributed by atoms with van der Waals surface area (Å²) < 4.78 is 0. The van der Waals surface area contributed by atoms with Crippen LogP contribution in [0.1, 0.15) is 32.8 Å². The molecular formula is C15H21Cl2N. The lowest BCUT2D eigenvalue weighted by Crippen LogP contribution is -2.21. The predicted octanol–water partition coefficient (Wildman–Crippen LogP) is 5.03. The Morgan fingerprint density at radius 3 is 2.33 bits per heavy atom. The summed E-state index contributed by atoms with van der Waals surface area (Å²) in [4.78, 5) is 0. The summed E-state index contributed by atoms with van der Waals surface area (Å²) in [7, 11) is 0. The second-order valence-corrected chi connectivity index (χ2v) is 5.76. The third-order valence-corrected chi connectivity index (χ3v) is 3.05. The van der Waals surface area contributed by atoms with Crippen molar-refractivity contribution in [1.29, 1.82) is 0 Å². The molecule has 18 heavy (non-hydrogen) atoms. The van der Waals surface area contributed by atoms with Gasteiger partial charge in [0, 0.05) is 16.6 Å². The monoisotopic (exact) mass is 285 g/mol. The molecule has 0 bridgehead atoms. The van der Waals surface area contributed by atoms with E-state index in [-0.39, 0.29) is 0 Å². The molecule has 0 heterocycles. The average molecular weight is 286 g/mol. The summed E-state index contributed by atoms with van der Waals surface area (Å²) >= 11 is 12.0. The van der Waals surface area contributed by atoms with Crippen molar-refractivity contribution in [2.75, 3.05) is 13.1 Å². The smallest absolute Gasteiger partial charge is 0.0426 e. The molecule has 0 fully saturated rings. The second-order valence-electron chi connectivity index (χ2n) is 4.88. The molecule has 1 N–H and O–H groups in total. The van der Waals surface area contributed by atoms with E-state index < -0.39 is 0 Å². The van der Waals surface area contributed by atoms with Crippen molar-refractivity contribution in [3.63, 3.8) is 0 Å². The number of rotatable bonds is 6.